The van der Waals surface area contributed by atoms with Crippen LogP contribution in [0.4, 0.5) is 41.6 Å². The number of methoxy groups -OCH3 is 1. The summed E-state index contributed by atoms with van der Waals surface area (Å²) in [4.78, 5) is 29.2. The number of nitrogens with zero attached hydrogens (tertiary/aromatic N) is 2. The van der Waals surface area contributed by atoms with Gasteiger partial charge in [0.1, 0.15) is 17.6 Å². The summed E-state index contributed by atoms with van der Waals surface area (Å²) in [6.45, 7) is 9.08. The van der Waals surface area contributed by atoms with Crippen LogP contribution in [-0.2, 0) is 21.8 Å². The fourth-order valence-electron chi connectivity index (χ4n) is 5.68. The third-order valence-electron chi connectivity index (χ3n) is 8.08. The number of cyclic esters (lactones) is 1. The first-order chi connectivity index (χ1) is 20.8. The highest BCUT2D eigenvalue weighted by Crippen LogP contribution is 2.43. The molecule has 0 spiro atoms. The fraction of sp³-hybridized carbons (Fsp3) is 0.500. The molecule has 0 bridgehead atoms. The number of rotatable bonds is 7. The van der Waals surface area contributed by atoms with Gasteiger partial charge in [-0.05, 0) is 92.6 Å². The first-order valence-corrected chi connectivity index (χ1v) is 14.4. The molecular formula is C32H36F6N2O5. The maximum atomic E-state index is 13.5. The number of hydrogen-bond acceptors (Lipinski definition) is 5. The van der Waals surface area contributed by atoms with Gasteiger partial charge in [0.05, 0.1) is 24.3 Å². The van der Waals surface area contributed by atoms with Crippen molar-refractivity contribution in [3.05, 3.63) is 70.5 Å². The van der Waals surface area contributed by atoms with Crippen LogP contribution in [0.25, 0.3) is 0 Å². The van der Waals surface area contributed by atoms with Crippen molar-refractivity contribution >= 4 is 17.9 Å². The van der Waals surface area contributed by atoms with Crippen LogP contribution in [0.2, 0.25) is 0 Å². The van der Waals surface area contributed by atoms with Crippen molar-refractivity contribution in [2.75, 3.05) is 18.6 Å². The van der Waals surface area contributed by atoms with Crippen LogP contribution in [0.15, 0.2) is 53.8 Å². The number of alkyl halides is 6. The Morgan fingerprint density at radius 1 is 1.04 bits per heavy atom. The molecule has 7 nitrogen and oxygen atoms in total. The molecule has 0 N–H and O–H groups in total. The average Bonchev–Trinajstić information content (AvgIpc) is 3.22. The van der Waals surface area contributed by atoms with Gasteiger partial charge in [0.15, 0.2) is 0 Å². The Bertz CT molecular complexity index is 1420. The molecule has 0 aromatic heterocycles. The number of carbonyl (C=O) groups excluding carboxylic acids is 2. The predicted octanol–water partition coefficient (Wildman–Crippen LogP) is 9.13. The summed E-state index contributed by atoms with van der Waals surface area (Å²) in [7, 11) is 1.53. The van der Waals surface area contributed by atoms with Gasteiger partial charge in [-0.25, -0.2) is 9.59 Å². The molecule has 1 aliphatic carbocycles. The van der Waals surface area contributed by atoms with Crippen LogP contribution in [0.5, 0.6) is 5.75 Å². The van der Waals surface area contributed by atoms with Crippen LogP contribution in [0.1, 0.15) is 76.7 Å². The molecule has 1 heterocycles. The van der Waals surface area contributed by atoms with E-state index >= 15 is 0 Å². The van der Waals surface area contributed by atoms with Crippen molar-refractivity contribution in [1.29, 1.82) is 0 Å². The zero-order valence-corrected chi connectivity index (χ0v) is 25.8. The third kappa shape index (κ3) is 7.67. The standard InChI is InChI=1S/C32H36F6N2O5/c1-18(2)40(24-7-9-25(43-6)10-8-24)29(42)44-26-11-12-30(4,5)16-21(26)17-39-19(3)27(45-28(39)41)20-13-22(31(33,34)35)15-23(14-20)32(36,37)38/h7-10,13-15,18-19,27H,11-12,16-17H2,1-6H3/t19-,27-/m0/s1. The number of benzene rings is 2. The normalized spacial score (nSPS) is 20.4. The average molecular weight is 643 g/mol. The predicted molar refractivity (Wildman–Crippen MR) is 154 cm³/mol. The Kier molecular flexibility index (Phi) is 9.42. The molecule has 2 aromatic carbocycles. The maximum Gasteiger partial charge on any atom is 0.419 e. The fourth-order valence-corrected chi connectivity index (χ4v) is 5.68. The van der Waals surface area contributed by atoms with Gasteiger partial charge in [0.25, 0.3) is 0 Å². The Morgan fingerprint density at radius 2 is 1.62 bits per heavy atom. The lowest BCUT2D eigenvalue weighted by Gasteiger charge is -2.35. The molecule has 0 saturated carbocycles. The van der Waals surface area contributed by atoms with E-state index in [-0.39, 0.29) is 24.1 Å². The molecule has 2 aliphatic rings. The van der Waals surface area contributed by atoms with Crippen molar-refractivity contribution in [3.63, 3.8) is 0 Å². The minimum absolute atomic E-state index is 0.0324. The van der Waals surface area contributed by atoms with E-state index in [1.54, 1.807) is 24.3 Å². The minimum Gasteiger partial charge on any atom is -0.497 e. The van der Waals surface area contributed by atoms with Crippen molar-refractivity contribution in [2.24, 2.45) is 5.41 Å². The highest BCUT2D eigenvalue weighted by molar-refractivity contribution is 5.89. The molecule has 1 saturated heterocycles. The molecule has 13 heteroatoms. The van der Waals surface area contributed by atoms with Gasteiger partial charge < -0.3 is 14.2 Å². The summed E-state index contributed by atoms with van der Waals surface area (Å²) >= 11 is 0. The zero-order valence-electron chi connectivity index (χ0n) is 25.8. The van der Waals surface area contributed by atoms with E-state index in [2.05, 4.69) is 0 Å². The number of anilines is 1. The number of halogens is 6. The molecular weight excluding hydrogens is 606 g/mol. The number of carbonyl (C=O) groups is 2. The molecule has 246 valence electrons. The molecule has 1 aliphatic heterocycles. The minimum atomic E-state index is -5.05. The monoisotopic (exact) mass is 642 g/mol. The first-order valence-electron chi connectivity index (χ1n) is 14.4. The number of allylic oxidation sites excluding steroid dienone is 1. The summed E-state index contributed by atoms with van der Waals surface area (Å²) in [5.41, 5.74) is -2.45. The van der Waals surface area contributed by atoms with Crippen molar-refractivity contribution < 1.29 is 50.1 Å². The van der Waals surface area contributed by atoms with Crippen LogP contribution in [-0.4, -0.2) is 42.8 Å². The van der Waals surface area contributed by atoms with Crippen LogP contribution in [0.3, 0.4) is 0 Å². The first kappa shape index (κ1) is 34.0. The number of amides is 2. The van der Waals surface area contributed by atoms with E-state index in [4.69, 9.17) is 14.2 Å². The largest absolute Gasteiger partial charge is 0.497 e. The quantitative estimate of drug-likeness (QED) is 0.282. The lowest BCUT2D eigenvalue weighted by atomic mass is 9.76. The second-order valence-electron chi connectivity index (χ2n) is 12.4. The van der Waals surface area contributed by atoms with Gasteiger partial charge >= 0.3 is 24.5 Å². The summed E-state index contributed by atoms with van der Waals surface area (Å²) < 4.78 is 97.6. The van der Waals surface area contributed by atoms with Crippen molar-refractivity contribution in [1.82, 2.24) is 4.90 Å². The smallest absolute Gasteiger partial charge is 0.419 e. The van der Waals surface area contributed by atoms with Gasteiger partial charge in [0, 0.05) is 24.7 Å². The van der Waals surface area contributed by atoms with Gasteiger partial charge in [0.2, 0.25) is 0 Å². The lowest BCUT2D eigenvalue weighted by molar-refractivity contribution is -0.143. The van der Waals surface area contributed by atoms with E-state index < -0.39 is 53.4 Å². The Balaban J connectivity index is 1.63. The second kappa shape index (κ2) is 12.5. The Morgan fingerprint density at radius 3 is 2.13 bits per heavy atom. The Hall–Kier alpha value is -3.90. The van der Waals surface area contributed by atoms with Crippen LogP contribution >= 0.6 is 0 Å². The maximum absolute atomic E-state index is 13.5. The van der Waals surface area contributed by atoms with E-state index in [1.807, 2.05) is 27.7 Å². The summed E-state index contributed by atoms with van der Waals surface area (Å²) in [6.07, 6.45) is -11.5. The topological polar surface area (TPSA) is 68.3 Å². The van der Waals surface area contributed by atoms with Gasteiger partial charge in [-0.2, -0.15) is 26.3 Å². The number of hydrogen-bond donors (Lipinski definition) is 0. The zero-order chi connectivity index (χ0) is 33.5. The highest BCUT2D eigenvalue weighted by atomic mass is 19.4. The SMILES string of the molecule is COc1ccc(N(C(=O)OC2=C(CN3C(=O)O[C@H](c4cc(C(F)(F)F)cc(C(F)(F)F)c4)[C@@H]3C)CC(C)(C)CC2)C(C)C)cc1. The molecule has 2 amide bonds. The van der Waals surface area contributed by atoms with Crippen molar-refractivity contribution in [3.8, 4) is 5.75 Å². The third-order valence-corrected chi connectivity index (χ3v) is 8.08. The second-order valence-corrected chi connectivity index (χ2v) is 12.4. The van der Waals surface area contributed by atoms with Crippen LogP contribution in [0, 0.1) is 5.41 Å². The Labute approximate surface area is 257 Å². The van der Waals surface area contributed by atoms with Gasteiger partial charge in [-0.15, -0.1) is 0 Å². The van der Waals surface area contributed by atoms with Crippen molar-refractivity contribution in [2.45, 2.75) is 84.4 Å². The van der Waals surface area contributed by atoms with Gasteiger partial charge in [-0.3, -0.25) is 9.80 Å². The molecule has 2 aromatic rings. The molecule has 1 fully saturated rings. The van der Waals surface area contributed by atoms with Gasteiger partial charge in [-0.1, -0.05) is 13.8 Å². The summed E-state index contributed by atoms with van der Waals surface area (Å²) in [5, 5.41) is 0. The molecule has 0 radical (unpaired) electrons. The number of ether oxygens (including phenoxy) is 3. The van der Waals surface area contributed by atoms with Crippen LogP contribution < -0.4 is 9.64 Å². The molecule has 0 unspecified atom stereocenters. The molecule has 2 atom stereocenters. The van der Waals surface area contributed by atoms with E-state index in [0.717, 1.165) is 0 Å². The van der Waals surface area contributed by atoms with E-state index in [0.29, 0.717) is 54.2 Å². The van der Waals surface area contributed by atoms with E-state index in [9.17, 15) is 35.9 Å². The van der Waals surface area contributed by atoms with E-state index in [1.165, 1.54) is 23.8 Å². The summed E-state index contributed by atoms with van der Waals surface area (Å²) in [6, 6.07) is 6.84. The highest BCUT2D eigenvalue weighted by Gasteiger charge is 2.44. The molecule has 45 heavy (non-hydrogen) atoms. The molecule has 4 rings (SSSR count). The summed E-state index contributed by atoms with van der Waals surface area (Å²) in [5.74, 6) is 0.973. The lowest BCUT2D eigenvalue weighted by Crippen LogP contribution is -2.39.